The summed E-state index contributed by atoms with van der Waals surface area (Å²) in [6.45, 7) is 4.16. The van der Waals surface area contributed by atoms with Crippen molar-refractivity contribution in [2.24, 2.45) is 7.05 Å². The highest BCUT2D eigenvalue weighted by molar-refractivity contribution is 6.30. The summed E-state index contributed by atoms with van der Waals surface area (Å²) in [7, 11) is 1.92. The Hall–Kier alpha value is -3.85. The third kappa shape index (κ3) is 3.99. The number of aromatic nitrogens is 7. The molecule has 34 heavy (non-hydrogen) atoms. The van der Waals surface area contributed by atoms with Gasteiger partial charge in [0.25, 0.3) is 0 Å². The fourth-order valence-corrected chi connectivity index (χ4v) is 4.51. The largest absolute Gasteiger partial charge is 0.365 e. The van der Waals surface area contributed by atoms with Crippen LogP contribution in [0, 0.1) is 0 Å². The number of hydrogen-bond donors (Lipinski definition) is 0. The van der Waals surface area contributed by atoms with E-state index in [0.29, 0.717) is 6.54 Å². The molecule has 0 unspecified atom stereocenters. The molecule has 5 aromatic rings. The molecule has 1 aliphatic heterocycles. The summed E-state index contributed by atoms with van der Waals surface area (Å²) >= 11 is 5.98. The van der Waals surface area contributed by atoms with Crippen LogP contribution in [0.3, 0.4) is 0 Å². The van der Waals surface area contributed by atoms with E-state index in [4.69, 9.17) is 11.6 Å². The van der Waals surface area contributed by atoms with Crippen LogP contribution in [0.4, 0.5) is 11.6 Å². The molecule has 0 amide bonds. The Morgan fingerprint density at radius 2 is 1.65 bits per heavy atom. The first-order chi connectivity index (χ1) is 16.6. The van der Waals surface area contributed by atoms with Gasteiger partial charge in [-0.2, -0.15) is 10.2 Å². The lowest BCUT2D eigenvalue weighted by atomic mass is 10.1. The van der Waals surface area contributed by atoms with Gasteiger partial charge in [-0.1, -0.05) is 29.8 Å². The Morgan fingerprint density at radius 3 is 2.41 bits per heavy atom. The molecule has 0 bridgehead atoms. The van der Waals surface area contributed by atoms with Crippen LogP contribution in [0.2, 0.25) is 5.02 Å². The van der Waals surface area contributed by atoms with Gasteiger partial charge in [0.15, 0.2) is 0 Å². The molecule has 1 aliphatic rings. The Kier molecular flexibility index (Phi) is 5.18. The van der Waals surface area contributed by atoms with E-state index in [9.17, 15) is 0 Å². The van der Waals surface area contributed by atoms with E-state index in [1.807, 2.05) is 63.8 Å². The molecule has 0 radical (unpaired) electrons. The molecule has 10 heteroatoms. The van der Waals surface area contributed by atoms with Crippen LogP contribution in [0.1, 0.15) is 5.56 Å². The second-order valence-electron chi connectivity index (χ2n) is 8.52. The maximum absolute atomic E-state index is 5.98. The average Bonchev–Trinajstić information content (AvgIpc) is 3.60. The van der Waals surface area contributed by atoms with Gasteiger partial charge < -0.3 is 9.80 Å². The molecule has 4 aromatic heterocycles. The van der Waals surface area contributed by atoms with Crippen LogP contribution < -0.4 is 9.80 Å². The van der Waals surface area contributed by atoms with Crippen molar-refractivity contribution in [3.05, 3.63) is 78.1 Å². The number of halogens is 1. The first-order valence-electron chi connectivity index (χ1n) is 11.2. The number of benzene rings is 1. The maximum Gasteiger partial charge on any atom is 0.244 e. The van der Waals surface area contributed by atoms with Crippen molar-refractivity contribution in [3.8, 4) is 11.1 Å². The Balaban J connectivity index is 1.12. The summed E-state index contributed by atoms with van der Waals surface area (Å²) in [6.07, 6.45) is 9.69. The molecule has 0 N–H and O–H groups in total. The summed E-state index contributed by atoms with van der Waals surface area (Å²) in [5.74, 6) is 0.773. The number of nitrogens with zero attached hydrogens (tertiary/aromatic N) is 9. The molecular weight excluding hydrogens is 450 g/mol. The molecule has 172 valence electrons. The zero-order chi connectivity index (χ0) is 23.1. The van der Waals surface area contributed by atoms with Crippen LogP contribution in [0.15, 0.2) is 67.5 Å². The van der Waals surface area contributed by atoms with Crippen molar-refractivity contribution in [1.29, 1.82) is 0 Å². The maximum atomic E-state index is 5.98. The van der Waals surface area contributed by atoms with Gasteiger partial charge >= 0.3 is 0 Å². The molecule has 0 spiro atoms. The monoisotopic (exact) mass is 473 g/mol. The van der Waals surface area contributed by atoms with E-state index in [2.05, 4.69) is 48.4 Å². The van der Waals surface area contributed by atoms with Gasteiger partial charge in [0.05, 0.1) is 30.1 Å². The van der Waals surface area contributed by atoms with E-state index in [0.717, 1.165) is 65.0 Å². The Labute approximate surface area is 201 Å². The third-order valence-corrected chi connectivity index (χ3v) is 6.47. The van der Waals surface area contributed by atoms with Crippen molar-refractivity contribution in [1.82, 2.24) is 34.2 Å². The highest BCUT2D eigenvalue weighted by atomic mass is 35.5. The van der Waals surface area contributed by atoms with Crippen molar-refractivity contribution in [2.45, 2.75) is 6.54 Å². The van der Waals surface area contributed by atoms with Gasteiger partial charge in [-0.3, -0.25) is 4.68 Å². The summed E-state index contributed by atoms with van der Waals surface area (Å²) in [5, 5.41) is 14.3. The highest BCUT2D eigenvalue weighted by Crippen LogP contribution is 2.26. The van der Waals surface area contributed by atoms with Crippen molar-refractivity contribution < 1.29 is 0 Å². The normalized spacial score (nSPS) is 14.3. The van der Waals surface area contributed by atoms with E-state index in [1.54, 1.807) is 6.33 Å². The van der Waals surface area contributed by atoms with E-state index in [-0.39, 0.29) is 0 Å². The summed E-state index contributed by atoms with van der Waals surface area (Å²) < 4.78 is 5.63. The second kappa shape index (κ2) is 8.49. The molecule has 1 aromatic carbocycles. The fraction of sp³-hybridized carbons (Fsp3) is 0.250. The second-order valence-corrected chi connectivity index (χ2v) is 8.96. The van der Waals surface area contributed by atoms with E-state index >= 15 is 0 Å². The van der Waals surface area contributed by atoms with Gasteiger partial charge in [-0.05, 0) is 23.8 Å². The van der Waals surface area contributed by atoms with E-state index < -0.39 is 0 Å². The highest BCUT2D eigenvalue weighted by Gasteiger charge is 2.22. The minimum atomic E-state index is 0.674. The number of aryl methyl sites for hydroxylation is 1. The smallest absolute Gasteiger partial charge is 0.244 e. The van der Waals surface area contributed by atoms with Gasteiger partial charge in [-0.25, -0.2) is 14.2 Å². The SMILES string of the molecule is Cn1cc(-c2ccc3c(N4CCN(c5ncn(Cc6ccc(Cl)cc6)n5)CC4)cnn3c2)cn1. The zero-order valence-corrected chi connectivity index (χ0v) is 19.5. The molecule has 6 rings (SSSR count). The Bertz CT molecular complexity index is 1420. The molecule has 5 heterocycles. The molecular formula is C24H24ClN9. The minimum absolute atomic E-state index is 0.674. The fourth-order valence-electron chi connectivity index (χ4n) is 4.39. The predicted octanol–water partition coefficient (Wildman–Crippen LogP) is 3.35. The van der Waals surface area contributed by atoms with Gasteiger partial charge in [0.2, 0.25) is 5.95 Å². The third-order valence-electron chi connectivity index (χ3n) is 6.22. The first kappa shape index (κ1) is 20.7. The quantitative estimate of drug-likeness (QED) is 0.390. The molecule has 0 aliphatic carbocycles. The van der Waals surface area contributed by atoms with Crippen molar-refractivity contribution in [2.75, 3.05) is 36.0 Å². The van der Waals surface area contributed by atoms with Crippen LogP contribution in [-0.2, 0) is 13.6 Å². The van der Waals surface area contributed by atoms with E-state index in [1.165, 1.54) is 0 Å². The van der Waals surface area contributed by atoms with Crippen LogP contribution in [-0.4, -0.2) is 60.3 Å². The number of pyridine rings is 1. The van der Waals surface area contributed by atoms with Gasteiger partial charge in [0.1, 0.15) is 6.33 Å². The molecule has 9 nitrogen and oxygen atoms in total. The van der Waals surface area contributed by atoms with Gasteiger partial charge in [0, 0.05) is 61.8 Å². The number of piperazine rings is 1. The number of anilines is 2. The number of hydrogen-bond acceptors (Lipinski definition) is 6. The average molecular weight is 474 g/mol. The topological polar surface area (TPSA) is 72.3 Å². The minimum Gasteiger partial charge on any atom is -0.365 e. The number of rotatable bonds is 5. The summed E-state index contributed by atoms with van der Waals surface area (Å²) in [4.78, 5) is 9.16. The molecule has 1 fully saturated rings. The van der Waals surface area contributed by atoms with Crippen LogP contribution >= 0.6 is 11.6 Å². The molecule has 0 saturated carbocycles. The van der Waals surface area contributed by atoms with Crippen LogP contribution in [0.5, 0.6) is 0 Å². The number of fused-ring (bicyclic) bond motifs is 1. The summed E-state index contributed by atoms with van der Waals surface area (Å²) in [6, 6.07) is 12.1. The lowest BCUT2D eigenvalue weighted by Crippen LogP contribution is -2.47. The lowest BCUT2D eigenvalue weighted by Gasteiger charge is -2.35. The molecule has 0 atom stereocenters. The standard InChI is InChI=1S/C24H24ClN9/c1-30-15-20(12-27-30)19-4-7-22-23(13-28-34(22)16-19)31-8-10-32(11-9-31)24-26-17-33(29-24)14-18-2-5-21(25)6-3-18/h2-7,12-13,15-17H,8-11,14H2,1H3. The first-order valence-corrected chi connectivity index (χ1v) is 11.6. The zero-order valence-electron chi connectivity index (χ0n) is 18.8. The predicted molar refractivity (Wildman–Crippen MR) is 132 cm³/mol. The van der Waals surface area contributed by atoms with Crippen molar-refractivity contribution in [3.63, 3.8) is 0 Å². The van der Waals surface area contributed by atoms with Crippen molar-refractivity contribution >= 4 is 28.8 Å². The lowest BCUT2D eigenvalue weighted by molar-refractivity contribution is 0.628. The van der Waals surface area contributed by atoms with Gasteiger partial charge in [-0.15, -0.1) is 5.10 Å². The Morgan fingerprint density at radius 1 is 0.853 bits per heavy atom. The summed E-state index contributed by atoms with van der Waals surface area (Å²) in [5.41, 5.74) is 5.58. The van der Waals surface area contributed by atoms with Crippen LogP contribution in [0.25, 0.3) is 16.6 Å². The molecule has 1 saturated heterocycles.